The molecule has 0 bridgehead atoms. The molecule has 0 spiro atoms. The number of hydrogen-bond acceptors (Lipinski definition) is 4. The Bertz CT molecular complexity index is 258. The van der Waals surface area contributed by atoms with Gasteiger partial charge in [0.25, 0.3) is 0 Å². The third-order valence-corrected chi connectivity index (χ3v) is 5.16. The van der Waals surface area contributed by atoms with Gasteiger partial charge in [0.1, 0.15) is 5.54 Å². The summed E-state index contributed by atoms with van der Waals surface area (Å²) < 4.78 is 4.95. The molecule has 1 aliphatic rings. The first-order valence-electron chi connectivity index (χ1n) is 6.43. The van der Waals surface area contributed by atoms with E-state index in [0.717, 1.165) is 19.3 Å². The lowest BCUT2D eigenvalue weighted by molar-refractivity contribution is -0.149. The number of nitrogens with one attached hydrogen (secondary N) is 1. The summed E-state index contributed by atoms with van der Waals surface area (Å²) in [6, 6.07) is 0. The maximum Gasteiger partial charge on any atom is 0.326 e. The van der Waals surface area contributed by atoms with E-state index < -0.39 is 5.54 Å². The van der Waals surface area contributed by atoms with E-state index in [1.165, 1.54) is 19.3 Å². The Morgan fingerprint density at radius 1 is 1.59 bits per heavy atom. The highest BCUT2D eigenvalue weighted by Crippen LogP contribution is 2.36. The van der Waals surface area contributed by atoms with Gasteiger partial charge in [0.05, 0.1) is 7.11 Å². The lowest BCUT2D eigenvalue weighted by Crippen LogP contribution is -2.54. The van der Waals surface area contributed by atoms with E-state index in [2.05, 4.69) is 19.2 Å². The van der Waals surface area contributed by atoms with Gasteiger partial charge in [-0.3, -0.25) is 4.79 Å². The monoisotopic (exact) mass is 259 g/mol. The van der Waals surface area contributed by atoms with Crippen molar-refractivity contribution in [3.05, 3.63) is 0 Å². The Kier molecular flexibility index (Phi) is 5.80. The molecule has 0 saturated heterocycles. The van der Waals surface area contributed by atoms with Crippen molar-refractivity contribution in [2.75, 3.05) is 19.9 Å². The molecule has 1 rings (SSSR count). The van der Waals surface area contributed by atoms with Crippen LogP contribution < -0.4 is 5.32 Å². The first-order valence-corrected chi connectivity index (χ1v) is 7.48. The van der Waals surface area contributed by atoms with Crippen molar-refractivity contribution in [2.45, 2.75) is 50.3 Å². The number of likely N-dealkylation sites (N-methyl/N-ethyl adjacent to an activating group) is 1. The highest BCUT2D eigenvalue weighted by atomic mass is 32.2. The van der Waals surface area contributed by atoms with Gasteiger partial charge in [0, 0.05) is 5.25 Å². The number of rotatable bonds is 5. The molecule has 0 radical (unpaired) electrons. The van der Waals surface area contributed by atoms with Crippen LogP contribution in [0, 0.1) is 5.92 Å². The van der Waals surface area contributed by atoms with Crippen molar-refractivity contribution in [1.82, 2.24) is 5.32 Å². The number of methoxy groups -OCH3 is 1. The second-order valence-corrected chi connectivity index (χ2v) is 6.60. The van der Waals surface area contributed by atoms with Gasteiger partial charge in [-0.1, -0.05) is 13.8 Å². The molecule has 2 atom stereocenters. The predicted octanol–water partition coefficient (Wildman–Crippen LogP) is 2.45. The van der Waals surface area contributed by atoms with Crippen LogP contribution in [0.1, 0.15) is 39.5 Å². The van der Waals surface area contributed by atoms with Crippen LogP contribution in [0.25, 0.3) is 0 Å². The molecule has 0 aromatic carbocycles. The highest BCUT2D eigenvalue weighted by molar-refractivity contribution is 7.99. The van der Waals surface area contributed by atoms with Gasteiger partial charge >= 0.3 is 5.97 Å². The Balaban J connectivity index is 2.59. The van der Waals surface area contributed by atoms with E-state index in [9.17, 15) is 4.79 Å². The SMILES string of the molecule is CNC1(C(=O)OC)CCCC(SCC(C)C)C1. The van der Waals surface area contributed by atoms with Crippen molar-refractivity contribution in [2.24, 2.45) is 5.92 Å². The second-order valence-electron chi connectivity index (χ2n) is 5.27. The van der Waals surface area contributed by atoms with Crippen molar-refractivity contribution in [1.29, 1.82) is 0 Å². The number of carbonyl (C=O) groups is 1. The van der Waals surface area contributed by atoms with Gasteiger partial charge in [-0.05, 0) is 44.4 Å². The molecule has 4 heteroatoms. The summed E-state index contributed by atoms with van der Waals surface area (Å²) >= 11 is 2.00. The molecule has 1 N–H and O–H groups in total. The molecule has 0 amide bonds. The van der Waals surface area contributed by atoms with E-state index in [1.807, 2.05) is 18.8 Å². The second kappa shape index (κ2) is 6.64. The quantitative estimate of drug-likeness (QED) is 0.770. The van der Waals surface area contributed by atoms with Crippen LogP contribution in [0.2, 0.25) is 0 Å². The van der Waals surface area contributed by atoms with E-state index >= 15 is 0 Å². The highest BCUT2D eigenvalue weighted by Gasteiger charge is 2.42. The van der Waals surface area contributed by atoms with Crippen LogP contribution in [-0.4, -0.2) is 36.7 Å². The molecule has 0 heterocycles. The summed E-state index contributed by atoms with van der Waals surface area (Å²) in [6.07, 6.45) is 4.12. The van der Waals surface area contributed by atoms with Crippen LogP contribution in [0.4, 0.5) is 0 Å². The summed E-state index contributed by atoms with van der Waals surface area (Å²) in [7, 11) is 3.35. The van der Waals surface area contributed by atoms with Crippen LogP contribution >= 0.6 is 11.8 Å². The average Bonchev–Trinajstić information content (AvgIpc) is 2.35. The van der Waals surface area contributed by atoms with Crippen LogP contribution in [0.5, 0.6) is 0 Å². The maximum absolute atomic E-state index is 11.9. The van der Waals surface area contributed by atoms with Crippen molar-refractivity contribution in [3.8, 4) is 0 Å². The fraction of sp³-hybridized carbons (Fsp3) is 0.923. The lowest BCUT2D eigenvalue weighted by atomic mass is 9.81. The first-order chi connectivity index (χ1) is 8.04. The van der Waals surface area contributed by atoms with Crippen LogP contribution in [0.3, 0.4) is 0 Å². The van der Waals surface area contributed by atoms with Gasteiger partial charge in [0.15, 0.2) is 0 Å². The standard InChI is InChI=1S/C13H25NO2S/c1-10(2)9-17-11-6-5-7-13(8-11,14-3)12(15)16-4/h10-11,14H,5-9H2,1-4H3. The normalized spacial score (nSPS) is 29.4. The van der Waals surface area contributed by atoms with Gasteiger partial charge in [-0.25, -0.2) is 0 Å². The molecule has 3 nitrogen and oxygen atoms in total. The van der Waals surface area contributed by atoms with E-state index in [4.69, 9.17) is 4.74 Å². The Morgan fingerprint density at radius 2 is 2.29 bits per heavy atom. The van der Waals surface area contributed by atoms with E-state index in [0.29, 0.717) is 11.2 Å². The third-order valence-electron chi connectivity index (χ3n) is 3.43. The van der Waals surface area contributed by atoms with Gasteiger partial charge in [-0.2, -0.15) is 11.8 Å². The van der Waals surface area contributed by atoms with Crippen molar-refractivity contribution in [3.63, 3.8) is 0 Å². The zero-order valence-electron chi connectivity index (χ0n) is 11.4. The lowest BCUT2D eigenvalue weighted by Gasteiger charge is -2.38. The molecule has 1 aliphatic carbocycles. The fourth-order valence-electron chi connectivity index (χ4n) is 2.40. The van der Waals surface area contributed by atoms with Gasteiger partial charge < -0.3 is 10.1 Å². The van der Waals surface area contributed by atoms with Crippen molar-refractivity contribution < 1.29 is 9.53 Å². The Morgan fingerprint density at radius 3 is 2.82 bits per heavy atom. The minimum absolute atomic E-state index is 0.102. The first kappa shape index (κ1) is 14.8. The molecule has 2 unspecified atom stereocenters. The van der Waals surface area contributed by atoms with Crippen molar-refractivity contribution >= 4 is 17.7 Å². The number of carbonyl (C=O) groups excluding carboxylic acids is 1. The maximum atomic E-state index is 11.9. The largest absolute Gasteiger partial charge is 0.468 e. The molecule has 1 fully saturated rings. The average molecular weight is 259 g/mol. The molecule has 17 heavy (non-hydrogen) atoms. The van der Waals surface area contributed by atoms with Gasteiger partial charge in [-0.15, -0.1) is 0 Å². The van der Waals surface area contributed by atoms with Crippen LogP contribution in [0.15, 0.2) is 0 Å². The minimum atomic E-state index is -0.443. The van der Waals surface area contributed by atoms with Gasteiger partial charge in [0.2, 0.25) is 0 Å². The molecule has 0 aromatic heterocycles. The zero-order chi connectivity index (χ0) is 12.9. The summed E-state index contributed by atoms with van der Waals surface area (Å²) in [5, 5.41) is 3.78. The topological polar surface area (TPSA) is 38.3 Å². The third kappa shape index (κ3) is 3.88. The van der Waals surface area contributed by atoms with E-state index in [-0.39, 0.29) is 5.97 Å². The zero-order valence-corrected chi connectivity index (χ0v) is 12.2. The summed E-state index contributed by atoms with van der Waals surface area (Å²) in [6.45, 7) is 4.48. The molecule has 1 saturated carbocycles. The Labute approximate surface area is 109 Å². The number of thioether (sulfide) groups is 1. The molecule has 0 aromatic rings. The van der Waals surface area contributed by atoms with Crippen LogP contribution in [-0.2, 0) is 9.53 Å². The van der Waals surface area contributed by atoms with E-state index in [1.54, 1.807) is 0 Å². The smallest absolute Gasteiger partial charge is 0.326 e. The predicted molar refractivity (Wildman–Crippen MR) is 73.4 cm³/mol. The molecule has 100 valence electrons. The number of ether oxygens (including phenoxy) is 1. The summed E-state index contributed by atoms with van der Waals surface area (Å²) in [5.41, 5.74) is -0.443. The number of hydrogen-bond donors (Lipinski definition) is 1. The molecule has 0 aliphatic heterocycles. The molecular formula is C13H25NO2S. The Hall–Kier alpha value is -0.220. The molecular weight excluding hydrogens is 234 g/mol. The summed E-state index contributed by atoms with van der Waals surface area (Å²) in [4.78, 5) is 11.9. The minimum Gasteiger partial charge on any atom is -0.468 e. The summed E-state index contributed by atoms with van der Waals surface area (Å²) in [5.74, 6) is 1.78. The number of esters is 1. The fourth-order valence-corrected chi connectivity index (χ4v) is 3.80.